The Balaban J connectivity index is 1.29. The molecule has 0 saturated carbocycles. The number of nitrogens with one attached hydrogen (secondary N) is 2. The van der Waals surface area contributed by atoms with Crippen LogP contribution < -0.4 is 10.7 Å². The van der Waals surface area contributed by atoms with Crippen molar-refractivity contribution in [2.75, 3.05) is 60.7 Å². The number of likely N-dealkylation sites (N-methyl/N-ethyl adjacent to an activating group) is 1. The number of fused-ring (bicyclic) bond motifs is 6. The van der Waals surface area contributed by atoms with E-state index in [1.54, 1.807) is 63.6 Å². The molecular formula is C55H71F4N9O8S2. The van der Waals surface area contributed by atoms with Gasteiger partial charge in [0.25, 0.3) is 17.7 Å². The summed E-state index contributed by atoms with van der Waals surface area (Å²) in [6.45, 7) is 10.8. The second kappa shape index (κ2) is 22.8. The minimum Gasteiger partial charge on any atom is -0.463 e. The summed E-state index contributed by atoms with van der Waals surface area (Å²) in [6, 6.07) is 6.87. The van der Waals surface area contributed by atoms with Crippen LogP contribution >= 0.6 is 24.4 Å². The van der Waals surface area contributed by atoms with Gasteiger partial charge < -0.3 is 33.6 Å². The molecule has 0 aliphatic carbocycles. The zero-order valence-electron chi connectivity index (χ0n) is 46.3. The second-order valence-corrected chi connectivity index (χ2v) is 24.3. The number of halogens is 4. The normalized spacial score (nSPS) is 21.8. The van der Waals surface area contributed by atoms with Crippen LogP contribution in [0.25, 0.3) is 33.6 Å². The van der Waals surface area contributed by atoms with E-state index in [0.29, 0.717) is 27.8 Å². The minimum absolute atomic E-state index is 0.0578. The van der Waals surface area contributed by atoms with Gasteiger partial charge in [0.1, 0.15) is 18.8 Å². The number of rotatable bonds is 11. The number of methoxy groups -OCH3 is 1. The maximum atomic E-state index is 16.9. The highest BCUT2D eigenvalue weighted by Gasteiger charge is 2.52. The third-order valence-corrected chi connectivity index (χ3v) is 16.7. The first-order valence-electron chi connectivity index (χ1n) is 25.9. The molecule has 2 saturated heterocycles. The van der Waals surface area contributed by atoms with Gasteiger partial charge in [-0.15, -0.1) is 24.4 Å². The third kappa shape index (κ3) is 12.5. The molecule has 3 aliphatic heterocycles. The van der Waals surface area contributed by atoms with Crippen molar-refractivity contribution in [1.29, 1.82) is 0 Å². The zero-order valence-corrected chi connectivity index (χ0v) is 48.0. The molecule has 7 rings (SSSR count). The van der Waals surface area contributed by atoms with Crippen LogP contribution in [0.2, 0.25) is 0 Å². The van der Waals surface area contributed by atoms with Crippen LogP contribution in [0.4, 0.5) is 17.6 Å². The van der Waals surface area contributed by atoms with Crippen LogP contribution in [-0.4, -0.2) is 158 Å². The number of oxazole rings is 1. The lowest BCUT2D eigenvalue weighted by Gasteiger charge is -2.44. The predicted octanol–water partition coefficient (Wildman–Crippen LogP) is 7.38. The fourth-order valence-electron chi connectivity index (χ4n) is 10.2. The van der Waals surface area contributed by atoms with Crippen molar-refractivity contribution in [3.63, 3.8) is 0 Å². The van der Waals surface area contributed by atoms with Gasteiger partial charge in [0.15, 0.2) is 15.4 Å². The number of amides is 4. The van der Waals surface area contributed by atoms with Crippen LogP contribution in [0.1, 0.15) is 97.2 Å². The van der Waals surface area contributed by atoms with Crippen LogP contribution in [-0.2, 0) is 52.8 Å². The summed E-state index contributed by atoms with van der Waals surface area (Å²) in [4.78, 5) is 81.9. The number of likely N-dealkylation sites (tertiary alicyclic amines) is 1. The van der Waals surface area contributed by atoms with E-state index in [1.807, 2.05) is 46.7 Å². The van der Waals surface area contributed by atoms with Gasteiger partial charge in [-0.3, -0.25) is 34.1 Å². The van der Waals surface area contributed by atoms with E-state index in [-0.39, 0.29) is 87.6 Å². The van der Waals surface area contributed by atoms with Crippen LogP contribution in [0.3, 0.4) is 0 Å². The highest BCUT2D eigenvalue weighted by Crippen LogP contribution is 2.44. The van der Waals surface area contributed by atoms with Crippen LogP contribution in [0.5, 0.6) is 0 Å². The maximum Gasteiger partial charge on any atom is 0.406 e. The number of hydrogen-bond acceptors (Lipinski definition) is 14. The Morgan fingerprint density at radius 3 is 2.36 bits per heavy atom. The molecule has 23 heteroatoms. The fourth-order valence-corrected chi connectivity index (χ4v) is 11.3. The summed E-state index contributed by atoms with van der Waals surface area (Å²) in [7, 11) is 6.49. The van der Waals surface area contributed by atoms with Crippen molar-refractivity contribution in [3.05, 3.63) is 59.7 Å². The van der Waals surface area contributed by atoms with Gasteiger partial charge in [-0.1, -0.05) is 33.6 Å². The molecule has 1 unspecified atom stereocenters. The van der Waals surface area contributed by atoms with Crippen LogP contribution in [0.15, 0.2) is 47.2 Å². The smallest absolute Gasteiger partial charge is 0.406 e. The SMILES string of the molecule is CO[C@@H](C)c1ncccc1-c1c2c3cc(ccc3n1CC(F)(F)F)-c1nc(co1)C[C@@](NC(=O)C(C(C)C)N(C)C(=O)C1(F)CCN(C(=O)C#CC(C)(C)N(C)C)CC1)(SC)C(=O)N1CCC[C@@](S)(N1)C(=O)OCC(C)(C)C2. The highest BCUT2D eigenvalue weighted by molar-refractivity contribution is 8.00. The molecular weight excluding hydrogens is 1050 g/mol. The van der Waals surface area contributed by atoms with E-state index in [1.165, 1.54) is 34.9 Å². The number of carbonyl (C=O) groups is 5. The Bertz CT molecular complexity index is 3000. The third-order valence-electron chi connectivity index (χ3n) is 15.1. The molecule has 0 radical (unpaired) electrons. The predicted molar refractivity (Wildman–Crippen MR) is 291 cm³/mol. The molecule has 3 aromatic heterocycles. The lowest BCUT2D eigenvalue weighted by molar-refractivity contribution is -0.158. The molecule has 2 N–H and O–H groups in total. The van der Waals surface area contributed by atoms with E-state index in [0.717, 1.165) is 16.7 Å². The van der Waals surface area contributed by atoms with Crippen LogP contribution in [0, 0.1) is 23.2 Å². The number of ether oxygens (including phenoxy) is 2. The number of thiol groups is 1. The van der Waals surface area contributed by atoms with Gasteiger partial charge in [-0.25, -0.2) is 19.6 Å². The molecule has 6 bridgehead atoms. The molecule has 2 fully saturated rings. The summed E-state index contributed by atoms with van der Waals surface area (Å²) in [5, 5.41) is 4.56. The van der Waals surface area contributed by atoms with Gasteiger partial charge >= 0.3 is 12.1 Å². The summed E-state index contributed by atoms with van der Waals surface area (Å²) in [5.74, 6) is 1.24. The highest BCUT2D eigenvalue weighted by atomic mass is 32.2. The molecule has 424 valence electrons. The van der Waals surface area contributed by atoms with Crippen molar-refractivity contribution < 1.29 is 55.4 Å². The van der Waals surface area contributed by atoms with E-state index < -0.39 is 86.7 Å². The fraction of sp³-hybridized carbons (Fsp3) is 0.582. The second-order valence-electron chi connectivity index (χ2n) is 22.4. The molecule has 17 nitrogen and oxygen atoms in total. The largest absolute Gasteiger partial charge is 0.463 e. The van der Waals surface area contributed by atoms with E-state index in [2.05, 4.69) is 27.6 Å². The van der Waals surface area contributed by atoms with E-state index >= 15 is 9.18 Å². The topological polar surface area (TPSA) is 185 Å². The van der Waals surface area contributed by atoms with Gasteiger partial charge in [0, 0.05) is 86.7 Å². The number of esters is 1. The molecule has 78 heavy (non-hydrogen) atoms. The summed E-state index contributed by atoms with van der Waals surface area (Å²) >= 11 is 5.74. The van der Waals surface area contributed by atoms with Crippen molar-refractivity contribution >= 4 is 64.9 Å². The number of aromatic nitrogens is 3. The van der Waals surface area contributed by atoms with Crippen molar-refractivity contribution in [1.82, 2.24) is 45.0 Å². The Hall–Kier alpha value is -5.67. The standard InChI is InChI=1S/C55H71F4N9O8S2/c1-33(2)43(65(10)47(71)52(56)21-25-66(26-22-52)41(69)18-20-51(6,7)64(8)9)45(70)62-54(78-12)28-36-30-75-46(61-36)35-16-17-40-38(27-35)39(29-50(4,5)32-76-49(73)53(77)19-14-24-68(63-53)48(54)72)44(67(40)31-55(57,58)59)37-15-13-23-60-42(37)34(3)74-11/h13,15-17,23,27,30,33-34,43,63,77H,14,19,21-22,24-26,28-29,31-32H2,1-12H3,(H,62,70)/t34-,43?,53-,54+/m0/s1. The monoisotopic (exact) mass is 1130 g/mol. The first-order chi connectivity index (χ1) is 36.4. The molecule has 0 spiro atoms. The summed E-state index contributed by atoms with van der Waals surface area (Å²) in [5.41, 5.74) is 1.40. The van der Waals surface area contributed by atoms with Crippen molar-refractivity contribution in [2.24, 2.45) is 11.3 Å². The molecule has 4 atom stereocenters. The Labute approximate surface area is 462 Å². The van der Waals surface area contributed by atoms with Gasteiger partial charge in [0.05, 0.1) is 35.3 Å². The van der Waals surface area contributed by atoms with Gasteiger partial charge in [-0.05, 0) is 108 Å². The number of hydrogen-bond donors (Lipinski definition) is 3. The molecule has 1 aromatic carbocycles. The lowest BCUT2D eigenvalue weighted by atomic mass is 9.84. The van der Waals surface area contributed by atoms with E-state index in [9.17, 15) is 32.3 Å². The average molecular weight is 1130 g/mol. The Kier molecular flexibility index (Phi) is 17.6. The number of hydrazine groups is 1. The molecule has 4 amide bonds. The Morgan fingerprint density at radius 2 is 1.73 bits per heavy atom. The quantitative estimate of drug-likeness (QED) is 0.0445. The minimum atomic E-state index is -4.66. The summed E-state index contributed by atoms with van der Waals surface area (Å²) < 4.78 is 80.2. The number of piperidine rings is 1. The number of carbonyl (C=O) groups excluding carboxylic acids is 5. The van der Waals surface area contributed by atoms with Crippen molar-refractivity contribution in [2.45, 2.75) is 133 Å². The number of benzene rings is 1. The molecule has 4 aromatic rings. The number of cyclic esters (lactones) is 1. The molecule has 3 aliphatic rings. The summed E-state index contributed by atoms with van der Waals surface area (Å²) in [6.07, 6.45) is -1.33. The zero-order chi connectivity index (χ0) is 57.5. The van der Waals surface area contributed by atoms with Crippen molar-refractivity contribution in [3.8, 4) is 34.6 Å². The number of alkyl halides is 4. The maximum absolute atomic E-state index is 16.9. The lowest BCUT2D eigenvalue weighted by Crippen LogP contribution is -2.69. The number of thioether (sulfide) groups is 1. The van der Waals surface area contributed by atoms with Gasteiger partial charge in [-0.2, -0.15) is 13.2 Å². The first-order valence-corrected chi connectivity index (χ1v) is 27.5. The molecule has 6 heterocycles. The van der Waals surface area contributed by atoms with Gasteiger partial charge in [0.2, 0.25) is 11.8 Å². The Morgan fingerprint density at radius 1 is 1.04 bits per heavy atom. The van der Waals surface area contributed by atoms with E-state index in [4.69, 9.17) is 31.5 Å². The number of nitrogens with zero attached hydrogens (tertiary/aromatic N) is 7. The first kappa shape index (κ1) is 60.0. The average Bonchev–Trinajstić information content (AvgIpc) is 4.00. The number of pyridine rings is 1.